The molecule has 2 nitrogen and oxygen atoms in total. The van der Waals surface area contributed by atoms with E-state index in [9.17, 15) is 0 Å². The minimum atomic E-state index is -1.41. The second-order valence-electron chi connectivity index (χ2n) is 6.78. The van der Waals surface area contributed by atoms with Crippen LogP contribution in [-0.2, 0) is 8.85 Å². The summed E-state index contributed by atoms with van der Waals surface area (Å²) in [5, 5.41) is 0. The number of rotatable bonds is 12. The molecule has 0 aromatic carbocycles. The highest BCUT2D eigenvalue weighted by molar-refractivity contribution is 6.72. The largest absolute Gasteiger partial charge is 0.417 e. The van der Waals surface area contributed by atoms with Crippen molar-refractivity contribution in [3.8, 4) is 0 Å². The van der Waals surface area contributed by atoms with Crippen LogP contribution in [0.2, 0.25) is 38.3 Å². The van der Waals surface area contributed by atoms with Crippen LogP contribution < -0.4 is 0 Å². The summed E-state index contributed by atoms with van der Waals surface area (Å²) in [5.41, 5.74) is 0. The Bertz CT molecular complexity index is 196. The molecule has 0 aliphatic heterocycles. The lowest BCUT2D eigenvalue weighted by Gasteiger charge is -2.26. The van der Waals surface area contributed by atoms with E-state index in [1.54, 1.807) is 0 Å². The molecule has 116 valence electrons. The molecule has 0 unspecified atom stereocenters. The Balaban J connectivity index is 3.79. The normalized spacial score (nSPS) is 12.9. The summed E-state index contributed by atoms with van der Waals surface area (Å²) >= 11 is 0. The quantitative estimate of drug-likeness (QED) is 0.354. The van der Waals surface area contributed by atoms with E-state index in [-0.39, 0.29) is 0 Å². The molecular weight excluding hydrogens is 268 g/mol. The van der Waals surface area contributed by atoms with Crippen molar-refractivity contribution in [2.24, 2.45) is 0 Å². The molecule has 0 N–H and O–H groups in total. The first kappa shape index (κ1) is 19.4. The van der Waals surface area contributed by atoms with E-state index in [1.807, 2.05) is 0 Å². The summed E-state index contributed by atoms with van der Waals surface area (Å²) in [4.78, 5) is 0. The van der Waals surface area contributed by atoms with Crippen LogP contribution >= 0.6 is 0 Å². The first-order chi connectivity index (χ1) is 8.83. The van der Waals surface area contributed by atoms with Gasteiger partial charge in [-0.05, 0) is 51.1 Å². The van der Waals surface area contributed by atoms with Gasteiger partial charge < -0.3 is 8.85 Å². The van der Waals surface area contributed by atoms with Gasteiger partial charge in [-0.1, -0.05) is 33.1 Å². The Kier molecular flexibility index (Phi) is 10.3. The molecule has 0 rings (SSSR count). The molecule has 0 fully saturated rings. The van der Waals surface area contributed by atoms with Crippen LogP contribution in [0.3, 0.4) is 0 Å². The Hall–Kier alpha value is 0.354. The molecule has 4 heteroatoms. The maximum Gasteiger partial charge on any atom is 0.186 e. The van der Waals surface area contributed by atoms with Crippen LogP contribution in [0.15, 0.2) is 0 Å². The molecule has 0 aromatic rings. The zero-order valence-corrected chi connectivity index (χ0v) is 16.2. The highest BCUT2D eigenvalue weighted by Gasteiger charge is 2.26. The summed E-state index contributed by atoms with van der Waals surface area (Å²) in [6.45, 7) is 15.8. The SMILES string of the molecule is CCCCO[Si](C)(C)CCC[Si](C)(C)OCCCC. The zero-order chi connectivity index (χ0) is 14.8. The molecule has 0 saturated heterocycles. The fourth-order valence-corrected chi connectivity index (χ4v) is 6.16. The number of hydrogen-bond donors (Lipinski definition) is 0. The van der Waals surface area contributed by atoms with Crippen molar-refractivity contribution in [3.63, 3.8) is 0 Å². The Morgan fingerprint density at radius 3 is 1.32 bits per heavy atom. The van der Waals surface area contributed by atoms with Crippen LogP contribution in [0.1, 0.15) is 46.0 Å². The molecule has 0 aromatic heterocycles. The van der Waals surface area contributed by atoms with Crippen LogP contribution in [0.25, 0.3) is 0 Å². The monoisotopic (exact) mass is 304 g/mol. The van der Waals surface area contributed by atoms with E-state index >= 15 is 0 Å². The first-order valence-electron chi connectivity index (χ1n) is 8.11. The third-order valence-corrected chi connectivity index (χ3v) is 8.63. The van der Waals surface area contributed by atoms with Gasteiger partial charge in [0, 0.05) is 13.2 Å². The van der Waals surface area contributed by atoms with Gasteiger partial charge in [0.05, 0.1) is 0 Å². The molecule has 0 atom stereocenters. The van der Waals surface area contributed by atoms with Crippen molar-refractivity contribution in [3.05, 3.63) is 0 Å². The standard InChI is InChI=1S/C15H36O2Si2/c1-7-9-12-16-18(3,4)14-11-15-19(5,6)17-13-10-8-2/h7-15H2,1-6H3. The molecular formula is C15H36O2Si2. The van der Waals surface area contributed by atoms with Gasteiger partial charge in [-0.15, -0.1) is 0 Å². The summed E-state index contributed by atoms with van der Waals surface area (Å²) < 4.78 is 12.2. The Morgan fingerprint density at radius 1 is 0.632 bits per heavy atom. The van der Waals surface area contributed by atoms with Crippen molar-refractivity contribution in [1.82, 2.24) is 0 Å². The van der Waals surface area contributed by atoms with Gasteiger partial charge in [-0.25, -0.2) is 0 Å². The van der Waals surface area contributed by atoms with E-state index in [1.165, 1.54) is 44.2 Å². The number of unbranched alkanes of at least 4 members (excludes halogenated alkanes) is 2. The van der Waals surface area contributed by atoms with Crippen molar-refractivity contribution in [2.75, 3.05) is 13.2 Å². The van der Waals surface area contributed by atoms with E-state index in [0.717, 1.165) is 13.2 Å². The van der Waals surface area contributed by atoms with Gasteiger partial charge in [0.1, 0.15) is 0 Å². The molecule has 0 aliphatic carbocycles. The number of hydrogen-bond acceptors (Lipinski definition) is 2. The third kappa shape index (κ3) is 11.8. The Labute approximate surface area is 123 Å². The van der Waals surface area contributed by atoms with E-state index in [4.69, 9.17) is 8.85 Å². The lowest BCUT2D eigenvalue weighted by molar-refractivity contribution is 0.294. The molecule has 0 saturated carbocycles. The van der Waals surface area contributed by atoms with Crippen molar-refractivity contribution in [2.45, 2.75) is 84.2 Å². The molecule has 0 radical (unpaired) electrons. The lowest BCUT2D eigenvalue weighted by Crippen LogP contribution is -2.34. The summed E-state index contributed by atoms with van der Waals surface area (Å²) in [7, 11) is -2.82. The fourth-order valence-electron chi connectivity index (χ4n) is 2.07. The second-order valence-corrected chi connectivity index (χ2v) is 15.4. The average molecular weight is 305 g/mol. The van der Waals surface area contributed by atoms with Gasteiger partial charge in [0.15, 0.2) is 16.6 Å². The van der Waals surface area contributed by atoms with Crippen LogP contribution in [0.5, 0.6) is 0 Å². The molecule has 19 heavy (non-hydrogen) atoms. The van der Waals surface area contributed by atoms with Crippen LogP contribution in [-0.4, -0.2) is 29.8 Å². The van der Waals surface area contributed by atoms with Crippen molar-refractivity contribution >= 4 is 16.6 Å². The molecule has 0 heterocycles. The predicted octanol–water partition coefficient (Wildman–Crippen LogP) is 5.42. The summed E-state index contributed by atoms with van der Waals surface area (Å²) in [6.07, 6.45) is 6.16. The van der Waals surface area contributed by atoms with E-state index < -0.39 is 16.6 Å². The average Bonchev–Trinajstić information content (AvgIpc) is 2.28. The maximum absolute atomic E-state index is 6.10. The Morgan fingerprint density at radius 2 is 1.00 bits per heavy atom. The molecule has 0 aliphatic rings. The fraction of sp³-hybridized carbons (Fsp3) is 1.00. The van der Waals surface area contributed by atoms with Gasteiger partial charge in [-0.3, -0.25) is 0 Å². The van der Waals surface area contributed by atoms with Gasteiger partial charge in [-0.2, -0.15) is 0 Å². The molecule has 0 amide bonds. The molecule has 0 spiro atoms. The smallest absolute Gasteiger partial charge is 0.186 e. The summed E-state index contributed by atoms with van der Waals surface area (Å²) in [6, 6.07) is 2.56. The lowest BCUT2D eigenvalue weighted by atomic mass is 10.4. The third-order valence-electron chi connectivity index (χ3n) is 3.54. The van der Waals surface area contributed by atoms with Gasteiger partial charge in [0.25, 0.3) is 0 Å². The maximum atomic E-state index is 6.10. The second kappa shape index (κ2) is 10.1. The highest BCUT2D eigenvalue weighted by atomic mass is 28.4. The predicted molar refractivity (Wildman–Crippen MR) is 90.9 cm³/mol. The minimum Gasteiger partial charge on any atom is -0.417 e. The van der Waals surface area contributed by atoms with Gasteiger partial charge >= 0.3 is 0 Å². The zero-order valence-electron chi connectivity index (χ0n) is 14.2. The van der Waals surface area contributed by atoms with Crippen molar-refractivity contribution in [1.29, 1.82) is 0 Å². The van der Waals surface area contributed by atoms with E-state index in [0.29, 0.717) is 0 Å². The summed E-state index contributed by atoms with van der Waals surface area (Å²) in [5.74, 6) is 0. The first-order valence-corrected chi connectivity index (χ1v) is 14.3. The van der Waals surface area contributed by atoms with Gasteiger partial charge in [0.2, 0.25) is 0 Å². The van der Waals surface area contributed by atoms with Crippen molar-refractivity contribution < 1.29 is 8.85 Å². The molecule has 0 bridgehead atoms. The topological polar surface area (TPSA) is 18.5 Å². The van der Waals surface area contributed by atoms with Crippen LogP contribution in [0, 0.1) is 0 Å². The minimum absolute atomic E-state index is 0.962. The highest BCUT2D eigenvalue weighted by Crippen LogP contribution is 2.21. The van der Waals surface area contributed by atoms with E-state index in [2.05, 4.69) is 40.0 Å². The van der Waals surface area contributed by atoms with Crippen LogP contribution in [0.4, 0.5) is 0 Å².